The highest BCUT2D eigenvalue weighted by atomic mass is 16.5. The van der Waals surface area contributed by atoms with Gasteiger partial charge in [-0.2, -0.15) is 0 Å². The summed E-state index contributed by atoms with van der Waals surface area (Å²) in [4.78, 5) is 11.0. The predicted octanol–water partition coefficient (Wildman–Crippen LogP) is 1.80. The fraction of sp³-hybridized carbons (Fsp3) is 0.400. The molecule has 1 aromatic carbocycles. The molecule has 1 N–H and O–H groups in total. The van der Waals surface area contributed by atoms with Crippen LogP contribution in [0.1, 0.15) is 18.1 Å². The average Bonchev–Trinajstić information content (AvgIpc) is 2.86. The van der Waals surface area contributed by atoms with Crippen molar-refractivity contribution in [2.24, 2.45) is 5.92 Å². The van der Waals surface area contributed by atoms with Crippen molar-refractivity contribution < 1.29 is 19.4 Å². The molecule has 2 rings (SSSR count). The van der Waals surface area contributed by atoms with Crippen LogP contribution in [0.3, 0.4) is 0 Å². The minimum atomic E-state index is -0.372. The molecule has 1 aliphatic heterocycles. The van der Waals surface area contributed by atoms with E-state index in [4.69, 9.17) is 9.84 Å². The molecule has 4 nitrogen and oxygen atoms in total. The van der Waals surface area contributed by atoms with Crippen molar-refractivity contribution in [3.8, 4) is 5.75 Å². The number of carbonyl (C=O) groups excluding carboxylic acids is 1. The van der Waals surface area contributed by atoms with Gasteiger partial charge in [0.2, 0.25) is 0 Å². The lowest BCUT2D eigenvalue weighted by atomic mass is 9.99. The van der Waals surface area contributed by atoms with Crippen LogP contribution in [-0.4, -0.2) is 30.9 Å². The number of fused-ring (bicyclic) bond motifs is 1. The van der Waals surface area contributed by atoms with E-state index in [9.17, 15) is 4.79 Å². The number of hydrogen-bond acceptors (Lipinski definition) is 4. The van der Waals surface area contributed by atoms with E-state index in [1.807, 2.05) is 25.1 Å². The topological polar surface area (TPSA) is 55.8 Å². The Kier molecular flexibility index (Phi) is 4.22. The average molecular weight is 262 g/mol. The number of rotatable bonds is 4. The van der Waals surface area contributed by atoms with Crippen LogP contribution in [0, 0.1) is 5.92 Å². The van der Waals surface area contributed by atoms with Crippen LogP contribution in [0.25, 0.3) is 6.08 Å². The highest BCUT2D eigenvalue weighted by Crippen LogP contribution is 2.32. The van der Waals surface area contributed by atoms with E-state index in [1.165, 1.54) is 13.2 Å². The predicted molar refractivity (Wildman–Crippen MR) is 71.9 cm³/mol. The first-order valence-electron chi connectivity index (χ1n) is 6.30. The number of esters is 1. The number of benzene rings is 1. The van der Waals surface area contributed by atoms with Gasteiger partial charge in [0.05, 0.1) is 7.11 Å². The molecule has 1 heterocycles. The fourth-order valence-corrected chi connectivity index (χ4v) is 2.07. The van der Waals surface area contributed by atoms with Gasteiger partial charge in [0.25, 0.3) is 0 Å². The van der Waals surface area contributed by atoms with Crippen molar-refractivity contribution in [1.29, 1.82) is 0 Å². The molecule has 0 unspecified atom stereocenters. The molecule has 0 amide bonds. The smallest absolute Gasteiger partial charge is 0.330 e. The Morgan fingerprint density at radius 1 is 1.63 bits per heavy atom. The quantitative estimate of drug-likeness (QED) is 0.664. The third-order valence-corrected chi connectivity index (χ3v) is 3.32. The van der Waals surface area contributed by atoms with Gasteiger partial charge in [-0.25, -0.2) is 4.79 Å². The zero-order valence-electron chi connectivity index (χ0n) is 11.1. The van der Waals surface area contributed by atoms with Crippen LogP contribution in [0.5, 0.6) is 5.75 Å². The van der Waals surface area contributed by atoms with Gasteiger partial charge in [0.1, 0.15) is 11.9 Å². The van der Waals surface area contributed by atoms with E-state index >= 15 is 0 Å². The highest BCUT2D eigenvalue weighted by molar-refractivity contribution is 5.87. The second-order valence-electron chi connectivity index (χ2n) is 4.74. The van der Waals surface area contributed by atoms with Crippen LogP contribution in [0.2, 0.25) is 0 Å². The molecule has 0 saturated heterocycles. The highest BCUT2D eigenvalue weighted by Gasteiger charge is 2.27. The molecule has 0 spiro atoms. The molecule has 0 fully saturated rings. The monoisotopic (exact) mass is 262 g/mol. The Balaban J connectivity index is 2.11. The maximum atomic E-state index is 11.0. The first-order chi connectivity index (χ1) is 9.13. The maximum absolute atomic E-state index is 11.0. The van der Waals surface area contributed by atoms with Gasteiger partial charge in [0, 0.05) is 25.0 Å². The van der Waals surface area contributed by atoms with Gasteiger partial charge in [-0.3, -0.25) is 0 Å². The second kappa shape index (κ2) is 5.89. The Morgan fingerprint density at radius 3 is 3.11 bits per heavy atom. The molecule has 2 atom stereocenters. The van der Waals surface area contributed by atoms with Gasteiger partial charge in [0.15, 0.2) is 0 Å². The maximum Gasteiger partial charge on any atom is 0.330 e. The number of hydrogen-bond donors (Lipinski definition) is 1. The molecule has 0 aromatic heterocycles. The van der Waals surface area contributed by atoms with Gasteiger partial charge >= 0.3 is 5.97 Å². The lowest BCUT2D eigenvalue weighted by Gasteiger charge is -2.16. The number of aliphatic hydroxyl groups excluding tert-OH is 1. The fourth-order valence-electron chi connectivity index (χ4n) is 2.07. The summed E-state index contributed by atoms with van der Waals surface area (Å²) in [5.74, 6) is 0.602. The summed E-state index contributed by atoms with van der Waals surface area (Å²) >= 11 is 0. The van der Waals surface area contributed by atoms with E-state index in [-0.39, 0.29) is 24.6 Å². The Bertz CT molecular complexity index is 493. The largest absolute Gasteiger partial charge is 0.489 e. The molecular formula is C15H18O4. The third-order valence-electron chi connectivity index (χ3n) is 3.32. The minimum Gasteiger partial charge on any atom is -0.489 e. The van der Waals surface area contributed by atoms with Gasteiger partial charge < -0.3 is 14.6 Å². The van der Waals surface area contributed by atoms with Crippen LogP contribution >= 0.6 is 0 Å². The summed E-state index contributed by atoms with van der Waals surface area (Å²) in [5, 5.41) is 9.16. The van der Waals surface area contributed by atoms with E-state index in [0.717, 1.165) is 23.3 Å². The number of aliphatic hydroxyl groups is 1. The van der Waals surface area contributed by atoms with Crippen molar-refractivity contribution >= 4 is 12.0 Å². The van der Waals surface area contributed by atoms with E-state index in [1.54, 1.807) is 6.08 Å². The van der Waals surface area contributed by atoms with Crippen LogP contribution in [0.15, 0.2) is 24.3 Å². The van der Waals surface area contributed by atoms with Gasteiger partial charge in [-0.05, 0) is 29.3 Å². The molecule has 0 saturated carbocycles. The molecule has 1 aliphatic rings. The van der Waals surface area contributed by atoms with Crippen molar-refractivity contribution in [3.05, 3.63) is 35.4 Å². The van der Waals surface area contributed by atoms with Crippen LogP contribution in [0.4, 0.5) is 0 Å². The number of carbonyl (C=O) groups is 1. The Morgan fingerprint density at radius 2 is 2.42 bits per heavy atom. The minimum absolute atomic E-state index is 0.0276. The normalized spacial score (nSPS) is 19.0. The summed E-state index contributed by atoms with van der Waals surface area (Å²) in [6.07, 6.45) is 3.93. The Labute approximate surface area is 112 Å². The SMILES string of the molecule is COC(=O)/C=C/c1ccc2c(c1)C[C@H]([C@H](C)CO)O2. The zero-order valence-corrected chi connectivity index (χ0v) is 11.1. The molecule has 0 bridgehead atoms. The van der Waals surface area contributed by atoms with Crippen molar-refractivity contribution in [2.45, 2.75) is 19.4 Å². The second-order valence-corrected chi connectivity index (χ2v) is 4.74. The molecule has 0 radical (unpaired) electrons. The van der Waals surface area contributed by atoms with E-state index in [2.05, 4.69) is 4.74 Å². The summed E-state index contributed by atoms with van der Waals surface area (Å²) < 4.78 is 10.3. The van der Waals surface area contributed by atoms with Crippen molar-refractivity contribution in [1.82, 2.24) is 0 Å². The molecule has 0 aliphatic carbocycles. The van der Waals surface area contributed by atoms with Crippen molar-refractivity contribution in [2.75, 3.05) is 13.7 Å². The standard InChI is InChI=1S/C15H18O4/c1-10(9-16)14-8-12-7-11(3-5-13(12)19-14)4-6-15(17)18-2/h3-7,10,14,16H,8-9H2,1-2H3/b6-4+/t10-,14-/m1/s1. The zero-order chi connectivity index (χ0) is 13.8. The lowest BCUT2D eigenvalue weighted by Crippen LogP contribution is -2.25. The lowest BCUT2D eigenvalue weighted by molar-refractivity contribution is -0.134. The molecule has 19 heavy (non-hydrogen) atoms. The Hall–Kier alpha value is -1.81. The summed E-state index contributed by atoms with van der Waals surface area (Å²) in [6.45, 7) is 2.09. The molecular weight excluding hydrogens is 244 g/mol. The van der Waals surface area contributed by atoms with E-state index in [0.29, 0.717) is 0 Å². The third kappa shape index (κ3) is 3.15. The molecule has 4 heteroatoms. The number of ether oxygens (including phenoxy) is 2. The van der Waals surface area contributed by atoms with Crippen LogP contribution < -0.4 is 4.74 Å². The van der Waals surface area contributed by atoms with Gasteiger partial charge in [-0.15, -0.1) is 0 Å². The summed E-state index contributed by atoms with van der Waals surface area (Å²) in [6, 6.07) is 5.79. The molecule has 102 valence electrons. The van der Waals surface area contributed by atoms with Crippen molar-refractivity contribution in [3.63, 3.8) is 0 Å². The molecule has 1 aromatic rings. The summed E-state index contributed by atoms with van der Waals surface area (Å²) in [5.41, 5.74) is 2.04. The first kappa shape index (κ1) is 13.6. The summed E-state index contributed by atoms with van der Waals surface area (Å²) in [7, 11) is 1.35. The van der Waals surface area contributed by atoms with E-state index < -0.39 is 0 Å². The number of methoxy groups -OCH3 is 1. The first-order valence-corrected chi connectivity index (χ1v) is 6.30. The van der Waals surface area contributed by atoms with Gasteiger partial charge in [-0.1, -0.05) is 13.0 Å². The van der Waals surface area contributed by atoms with Crippen LogP contribution in [-0.2, 0) is 16.0 Å².